The molecule has 0 radical (unpaired) electrons. The summed E-state index contributed by atoms with van der Waals surface area (Å²) in [6.07, 6.45) is 0.412. The number of alkyl carbamates (subject to hydrolysis) is 1. The summed E-state index contributed by atoms with van der Waals surface area (Å²) in [6.45, 7) is 9.17. The Balaban J connectivity index is 1.88. The summed E-state index contributed by atoms with van der Waals surface area (Å²) in [5.74, 6) is 0.631. The number of amides is 1. The van der Waals surface area contributed by atoms with Crippen molar-refractivity contribution < 1.29 is 23.8 Å². The van der Waals surface area contributed by atoms with Crippen molar-refractivity contribution in [3.05, 3.63) is 29.8 Å². The van der Waals surface area contributed by atoms with E-state index in [4.69, 9.17) is 14.2 Å². The summed E-state index contributed by atoms with van der Waals surface area (Å²) in [5.41, 5.74) is 0.408. The standard InChI is InChI=1S/C19H27NO5/c1-6-12(2)23-17(21)20-16-11-15(16)13-8-7-9-14(10-13)24-18(22)25-19(3,4)5/h7-10,12,15-16H,6,11H2,1-5H3,(H,20,21)/t12?,15-,16+/m0/s1. The van der Waals surface area contributed by atoms with Crippen LogP contribution in [0.1, 0.15) is 58.9 Å². The average Bonchev–Trinajstić information content (AvgIpc) is 3.24. The van der Waals surface area contributed by atoms with Gasteiger partial charge in [0.05, 0.1) is 0 Å². The molecule has 0 aliphatic heterocycles. The van der Waals surface area contributed by atoms with Crippen LogP contribution in [-0.4, -0.2) is 30.0 Å². The first kappa shape index (κ1) is 19.1. The molecule has 0 bridgehead atoms. The van der Waals surface area contributed by atoms with E-state index >= 15 is 0 Å². The van der Waals surface area contributed by atoms with E-state index in [2.05, 4.69) is 5.32 Å². The highest BCUT2D eigenvalue weighted by atomic mass is 16.7. The van der Waals surface area contributed by atoms with E-state index in [-0.39, 0.29) is 24.2 Å². The van der Waals surface area contributed by atoms with Gasteiger partial charge in [0.25, 0.3) is 0 Å². The van der Waals surface area contributed by atoms with E-state index in [0.717, 1.165) is 18.4 Å². The van der Waals surface area contributed by atoms with Gasteiger partial charge in [-0.15, -0.1) is 0 Å². The Hall–Kier alpha value is -2.24. The van der Waals surface area contributed by atoms with Crippen LogP contribution in [0.3, 0.4) is 0 Å². The van der Waals surface area contributed by atoms with E-state index in [9.17, 15) is 9.59 Å². The van der Waals surface area contributed by atoms with Crippen LogP contribution in [-0.2, 0) is 9.47 Å². The summed E-state index contributed by atoms with van der Waals surface area (Å²) in [5, 5.41) is 2.87. The van der Waals surface area contributed by atoms with Crippen molar-refractivity contribution in [3.63, 3.8) is 0 Å². The zero-order chi connectivity index (χ0) is 18.6. The third-order valence-electron chi connectivity index (χ3n) is 3.85. The van der Waals surface area contributed by atoms with Crippen molar-refractivity contribution in [3.8, 4) is 5.75 Å². The number of ether oxygens (including phenoxy) is 3. The van der Waals surface area contributed by atoms with Gasteiger partial charge < -0.3 is 19.5 Å². The predicted octanol–water partition coefficient (Wildman–Crippen LogP) is 4.38. The summed E-state index contributed by atoms with van der Waals surface area (Å²) >= 11 is 0. The van der Waals surface area contributed by atoms with Gasteiger partial charge in [0, 0.05) is 12.0 Å². The molecule has 1 N–H and O–H groups in total. The zero-order valence-corrected chi connectivity index (χ0v) is 15.5. The van der Waals surface area contributed by atoms with Crippen LogP contribution in [0.4, 0.5) is 9.59 Å². The lowest BCUT2D eigenvalue weighted by Crippen LogP contribution is -2.30. The molecule has 0 spiro atoms. The molecule has 1 saturated carbocycles. The lowest BCUT2D eigenvalue weighted by atomic mass is 10.1. The number of nitrogens with one attached hydrogen (secondary N) is 1. The normalized spacial score (nSPS) is 20.4. The smallest absolute Gasteiger partial charge is 0.447 e. The topological polar surface area (TPSA) is 73.9 Å². The second kappa shape index (κ2) is 7.76. The molecule has 1 aromatic carbocycles. The molecule has 6 heteroatoms. The Morgan fingerprint density at radius 3 is 2.68 bits per heavy atom. The summed E-state index contributed by atoms with van der Waals surface area (Å²) in [6, 6.07) is 7.33. The van der Waals surface area contributed by atoms with Gasteiger partial charge in [-0.3, -0.25) is 0 Å². The summed E-state index contributed by atoms with van der Waals surface area (Å²) < 4.78 is 15.6. The van der Waals surface area contributed by atoms with Gasteiger partial charge in [0.1, 0.15) is 17.5 Å². The van der Waals surface area contributed by atoms with Crippen LogP contribution in [0.2, 0.25) is 0 Å². The molecule has 1 aliphatic rings. The van der Waals surface area contributed by atoms with Crippen LogP contribution < -0.4 is 10.1 Å². The Bertz CT molecular complexity index is 622. The molecule has 138 valence electrons. The SMILES string of the molecule is CCC(C)OC(=O)N[C@@H]1C[C@H]1c1cccc(OC(=O)OC(C)(C)C)c1. The molecule has 1 aromatic rings. The molecule has 0 saturated heterocycles. The predicted molar refractivity (Wildman–Crippen MR) is 93.8 cm³/mol. The van der Waals surface area contributed by atoms with Crippen molar-refractivity contribution in [2.24, 2.45) is 0 Å². The Labute approximate surface area is 148 Å². The second-order valence-electron chi connectivity index (χ2n) is 7.36. The molecule has 6 nitrogen and oxygen atoms in total. The Morgan fingerprint density at radius 1 is 1.32 bits per heavy atom. The van der Waals surface area contributed by atoms with Crippen molar-refractivity contribution in [1.82, 2.24) is 5.32 Å². The maximum atomic E-state index is 11.8. The monoisotopic (exact) mass is 349 g/mol. The third-order valence-corrected chi connectivity index (χ3v) is 3.85. The number of rotatable bonds is 5. The van der Waals surface area contributed by atoms with Gasteiger partial charge in [0.2, 0.25) is 0 Å². The molecule has 2 rings (SSSR count). The summed E-state index contributed by atoms with van der Waals surface area (Å²) in [4.78, 5) is 23.5. The largest absolute Gasteiger partial charge is 0.514 e. The summed E-state index contributed by atoms with van der Waals surface area (Å²) in [7, 11) is 0. The fourth-order valence-corrected chi connectivity index (χ4v) is 2.35. The Morgan fingerprint density at radius 2 is 2.04 bits per heavy atom. The van der Waals surface area contributed by atoms with Crippen LogP contribution in [0, 0.1) is 0 Å². The van der Waals surface area contributed by atoms with E-state index in [1.54, 1.807) is 32.9 Å². The van der Waals surface area contributed by atoms with Gasteiger partial charge in [-0.1, -0.05) is 19.1 Å². The highest BCUT2D eigenvalue weighted by molar-refractivity contribution is 5.69. The van der Waals surface area contributed by atoms with Crippen LogP contribution >= 0.6 is 0 Å². The van der Waals surface area contributed by atoms with Crippen molar-refractivity contribution in [1.29, 1.82) is 0 Å². The lowest BCUT2D eigenvalue weighted by Gasteiger charge is -2.18. The number of hydrogen-bond donors (Lipinski definition) is 1. The fourth-order valence-electron chi connectivity index (χ4n) is 2.35. The minimum Gasteiger partial charge on any atom is -0.447 e. The van der Waals surface area contributed by atoms with E-state index in [0.29, 0.717) is 5.75 Å². The first-order chi connectivity index (χ1) is 11.7. The van der Waals surface area contributed by atoms with E-state index < -0.39 is 11.8 Å². The minimum absolute atomic E-state index is 0.0494. The molecular formula is C19H27NO5. The average molecular weight is 349 g/mol. The molecule has 0 aromatic heterocycles. The van der Waals surface area contributed by atoms with Crippen molar-refractivity contribution in [2.45, 2.75) is 71.1 Å². The maximum Gasteiger partial charge on any atom is 0.514 e. The number of carbonyl (C=O) groups is 2. The molecule has 1 aliphatic carbocycles. The van der Waals surface area contributed by atoms with Crippen LogP contribution in [0.15, 0.2) is 24.3 Å². The molecule has 1 unspecified atom stereocenters. The fraction of sp³-hybridized carbons (Fsp3) is 0.579. The Kier molecular flexibility index (Phi) is 5.93. The minimum atomic E-state index is -0.729. The van der Waals surface area contributed by atoms with Gasteiger partial charge in [-0.2, -0.15) is 0 Å². The first-order valence-corrected chi connectivity index (χ1v) is 8.66. The molecule has 0 heterocycles. The second-order valence-corrected chi connectivity index (χ2v) is 7.36. The van der Waals surface area contributed by atoms with Crippen molar-refractivity contribution >= 4 is 12.2 Å². The van der Waals surface area contributed by atoms with Crippen LogP contribution in [0.25, 0.3) is 0 Å². The molecule has 1 amide bonds. The number of hydrogen-bond acceptors (Lipinski definition) is 5. The van der Waals surface area contributed by atoms with E-state index in [1.165, 1.54) is 0 Å². The highest BCUT2D eigenvalue weighted by Crippen LogP contribution is 2.41. The van der Waals surface area contributed by atoms with Gasteiger partial charge >= 0.3 is 12.2 Å². The zero-order valence-electron chi connectivity index (χ0n) is 15.5. The number of benzene rings is 1. The molecule has 1 fully saturated rings. The van der Waals surface area contributed by atoms with Crippen LogP contribution in [0.5, 0.6) is 5.75 Å². The highest BCUT2D eigenvalue weighted by Gasteiger charge is 2.40. The van der Waals surface area contributed by atoms with Gasteiger partial charge in [-0.05, 0) is 58.2 Å². The molecule has 25 heavy (non-hydrogen) atoms. The third kappa shape index (κ3) is 6.29. The first-order valence-electron chi connectivity index (χ1n) is 8.66. The number of carbonyl (C=O) groups excluding carboxylic acids is 2. The van der Waals surface area contributed by atoms with Gasteiger partial charge in [0.15, 0.2) is 0 Å². The lowest BCUT2D eigenvalue weighted by molar-refractivity contribution is 0.0206. The maximum absolute atomic E-state index is 11.8. The van der Waals surface area contributed by atoms with E-state index in [1.807, 2.05) is 26.0 Å². The van der Waals surface area contributed by atoms with Gasteiger partial charge in [-0.25, -0.2) is 9.59 Å². The quantitative estimate of drug-likeness (QED) is 0.631. The molecule has 3 atom stereocenters. The molecular weight excluding hydrogens is 322 g/mol. The van der Waals surface area contributed by atoms with Crippen molar-refractivity contribution in [2.75, 3.05) is 0 Å².